The van der Waals surface area contributed by atoms with Gasteiger partial charge < -0.3 is 10.2 Å². The first kappa shape index (κ1) is 12.1. The molecule has 0 saturated carbocycles. The SMILES string of the molecule is CNC(=O)C1CCCN(c2ccc(C=O)s2)C1. The molecule has 1 amide bonds. The molecule has 1 unspecified atom stereocenters. The van der Waals surface area contributed by atoms with Crippen LogP contribution in [-0.4, -0.2) is 32.3 Å². The van der Waals surface area contributed by atoms with Gasteiger partial charge in [-0.2, -0.15) is 0 Å². The number of rotatable bonds is 3. The number of hydrogen-bond donors (Lipinski definition) is 1. The number of anilines is 1. The van der Waals surface area contributed by atoms with Gasteiger partial charge in [-0.05, 0) is 25.0 Å². The highest BCUT2D eigenvalue weighted by atomic mass is 32.1. The molecular formula is C12H16N2O2S. The Morgan fingerprint density at radius 3 is 3.06 bits per heavy atom. The molecule has 17 heavy (non-hydrogen) atoms. The zero-order valence-electron chi connectivity index (χ0n) is 9.81. The Morgan fingerprint density at radius 1 is 1.59 bits per heavy atom. The van der Waals surface area contributed by atoms with Crippen molar-refractivity contribution in [1.29, 1.82) is 0 Å². The standard InChI is InChI=1S/C12H16N2O2S/c1-13-12(16)9-3-2-6-14(7-9)11-5-4-10(8-15)17-11/h4-5,8-9H,2-3,6-7H2,1H3,(H,13,16). The number of piperidine rings is 1. The smallest absolute Gasteiger partial charge is 0.224 e. The Hall–Kier alpha value is -1.36. The van der Waals surface area contributed by atoms with Crippen LogP contribution in [0.3, 0.4) is 0 Å². The van der Waals surface area contributed by atoms with Crippen molar-refractivity contribution in [1.82, 2.24) is 5.32 Å². The summed E-state index contributed by atoms with van der Waals surface area (Å²) in [4.78, 5) is 25.2. The molecule has 1 aromatic rings. The van der Waals surface area contributed by atoms with E-state index in [1.54, 1.807) is 7.05 Å². The van der Waals surface area contributed by atoms with E-state index >= 15 is 0 Å². The molecule has 0 radical (unpaired) electrons. The molecule has 1 aliphatic heterocycles. The predicted octanol–water partition coefficient (Wildman–Crippen LogP) is 1.52. The van der Waals surface area contributed by atoms with E-state index in [4.69, 9.17) is 0 Å². The van der Waals surface area contributed by atoms with Crippen LogP contribution in [0, 0.1) is 5.92 Å². The number of nitrogens with one attached hydrogen (secondary N) is 1. The lowest BCUT2D eigenvalue weighted by Gasteiger charge is -2.32. The zero-order chi connectivity index (χ0) is 12.3. The van der Waals surface area contributed by atoms with Gasteiger partial charge >= 0.3 is 0 Å². The maximum atomic E-state index is 11.6. The Balaban J connectivity index is 2.06. The molecule has 4 nitrogen and oxygen atoms in total. The van der Waals surface area contributed by atoms with Crippen molar-refractivity contribution < 1.29 is 9.59 Å². The molecule has 0 bridgehead atoms. The summed E-state index contributed by atoms with van der Waals surface area (Å²) in [5, 5.41) is 3.79. The van der Waals surface area contributed by atoms with E-state index in [-0.39, 0.29) is 11.8 Å². The zero-order valence-corrected chi connectivity index (χ0v) is 10.6. The van der Waals surface area contributed by atoms with Gasteiger partial charge in [0.1, 0.15) is 0 Å². The molecule has 1 N–H and O–H groups in total. The average molecular weight is 252 g/mol. The van der Waals surface area contributed by atoms with Crippen molar-refractivity contribution in [2.75, 3.05) is 25.0 Å². The van der Waals surface area contributed by atoms with Crippen LogP contribution in [0.2, 0.25) is 0 Å². The molecule has 0 spiro atoms. The summed E-state index contributed by atoms with van der Waals surface area (Å²) in [5.74, 6) is 0.178. The number of nitrogens with zero attached hydrogens (tertiary/aromatic N) is 1. The van der Waals surface area contributed by atoms with Gasteiger partial charge in [0.05, 0.1) is 15.8 Å². The summed E-state index contributed by atoms with van der Waals surface area (Å²) in [6, 6.07) is 3.79. The Kier molecular flexibility index (Phi) is 3.78. The molecular weight excluding hydrogens is 236 g/mol. The minimum absolute atomic E-state index is 0.0653. The molecule has 1 saturated heterocycles. The lowest BCUT2D eigenvalue weighted by Crippen LogP contribution is -2.41. The molecule has 92 valence electrons. The normalized spacial score (nSPS) is 20.1. The first-order valence-corrected chi connectivity index (χ1v) is 6.58. The average Bonchev–Trinajstić information content (AvgIpc) is 2.86. The fourth-order valence-corrected chi connectivity index (χ4v) is 3.03. The van der Waals surface area contributed by atoms with Crippen LogP contribution in [0.1, 0.15) is 22.5 Å². The van der Waals surface area contributed by atoms with Crippen molar-refractivity contribution >= 4 is 28.5 Å². The maximum Gasteiger partial charge on any atom is 0.224 e. The van der Waals surface area contributed by atoms with Gasteiger partial charge in [-0.1, -0.05) is 0 Å². The van der Waals surface area contributed by atoms with E-state index in [9.17, 15) is 9.59 Å². The molecule has 2 heterocycles. The summed E-state index contributed by atoms with van der Waals surface area (Å²) < 4.78 is 0. The largest absolute Gasteiger partial charge is 0.363 e. The summed E-state index contributed by atoms with van der Waals surface area (Å²) in [5.41, 5.74) is 0. The van der Waals surface area contributed by atoms with Gasteiger partial charge in [0, 0.05) is 20.1 Å². The lowest BCUT2D eigenvalue weighted by molar-refractivity contribution is -0.124. The van der Waals surface area contributed by atoms with Crippen LogP contribution < -0.4 is 10.2 Å². The van der Waals surface area contributed by atoms with E-state index in [1.807, 2.05) is 12.1 Å². The van der Waals surface area contributed by atoms with Gasteiger partial charge in [0.15, 0.2) is 6.29 Å². The first-order chi connectivity index (χ1) is 8.24. The van der Waals surface area contributed by atoms with Crippen molar-refractivity contribution in [3.8, 4) is 0 Å². The van der Waals surface area contributed by atoms with Gasteiger partial charge in [0.2, 0.25) is 5.91 Å². The highest BCUT2D eigenvalue weighted by molar-refractivity contribution is 7.17. The van der Waals surface area contributed by atoms with E-state index in [0.717, 1.165) is 42.1 Å². The van der Waals surface area contributed by atoms with Gasteiger partial charge in [-0.3, -0.25) is 9.59 Å². The van der Waals surface area contributed by atoms with Gasteiger partial charge in [-0.15, -0.1) is 11.3 Å². The van der Waals surface area contributed by atoms with Crippen molar-refractivity contribution in [2.45, 2.75) is 12.8 Å². The Bertz CT molecular complexity index is 416. The molecule has 0 aliphatic carbocycles. The summed E-state index contributed by atoms with van der Waals surface area (Å²) in [6.07, 6.45) is 2.84. The van der Waals surface area contributed by atoms with Crippen molar-refractivity contribution in [3.05, 3.63) is 17.0 Å². The molecule has 1 aromatic heterocycles. The summed E-state index contributed by atoms with van der Waals surface area (Å²) in [7, 11) is 1.68. The third-order valence-electron chi connectivity index (χ3n) is 3.08. The maximum absolute atomic E-state index is 11.6. The fraction of sp³-hybridized carbons (Fsp3) is 0.500. The Morgan fingerprint density at radius 2 is 2.41 bits per heavy atom. The predicted molar refractivity (Wildman–Crippen MR) is 68.7 cm³/mol. The van der Waals surface area contributed by atoms with Crippen molar-refractivity contribution in [2.24, 2.45) is 5.92 Å². The number of amides is 1. The number of carbonyl (C=O) groups is 2. The molecule has 1 atom stereocenters. The van der Waals surface area contributed by atoms with E-state index < -0.39 is 0 Å². The summed E-state index contributed by atoms with van der Waals surface area (Å²) >= 11 is 1.49. The monoisotopic (exact) mass is 252 g/mol. The molecule has 2 rings (SSSR count). The van der Waals surface area contributed by atoms with E-state index in [1.165, 1.54) is 11.3 Å². The second kappa shape index (κ2) is 5.31. The highest BCUT2D eigenvalue weighted by Crippen LogP contribution is 2.29. The van der Waals surface area contributed by atoms with Crippen LogP contribution in [0.5, 0.6) is 0 Å². The number of thiophene rings is 1. The number of hydrogen-bond acceptors (Lipinski definition) is 4. The van der Waals surface area contributed by atoms with E-state index in [2.05, 4.69) is 10.2 Å². The molecule has 0 aromatic carbocycles. The van der Waals surface area contributed by atoms with Crippen LogP contribution in [0.15, 0.2) is 12.1 Å². The van der Waals surface area contributed by atoms with Crippen molar-refractivity contribution in [3.63, 3.8) is 0 Å². The summed E-state index contributed by atoms with van der Waals surface area (Å²) in [6.45, 7) is 1.71. The second-order valence-electron chi connectivity index (χ2n) is 4.19. The molecule has 1 aliphatic rings. The third-order valence-corrected chi connectivity index (χ3v) is 4.15. The first-order valence-electron chi connectivity index (χ1n) is 5.76. The minimum atomic E-state index is 0.0653. The van der Waals surface area contributed by atoms with E-state index in [0.29, 0.717) is 0 Å². The second-order valence-corrected chi connectivity index (χ2v) is 5.29. The van der Waals surface area contributed by atoms with Gasteiger partial charge in [-0.25, -0.2) is 0 Å². The van der Waals surface area contributed by atoms with Gasteiger partial charge in [0.25, 0.3) is 0 Å². The Labute approximate surface area is 105 Å². The minimum Gasteiger partial charge on any atom is -0.363 e. The quantitative estimate of drug-likeness (QED) is 0.830. The fourth-order valence-electron chi connectivity index (χ4n) is 2.17. The topological polar surface area (TPSA) is 49.4 Å². The highest BCUT2D eigenvalue weighted by Gasteiger charge is 2.25. The molecule has 1 fully saturated rings. The van der Waals surface area contributed by atoms with Crippen LogP contribution in [0.25, 0.3) is 0 Å². The third kappa shape index (κ3) is 2.66. The lowest BCUT2D eigenvalue weighted by atomic mass is 9.97. The van der Waals surface area contributed by atoms with Crippen LogP contribution >= 0.6 is 11.3 Å². The number of carbonyl (C=O) groups excluding carboxylic acids is 2. The molecule has 5 heteroatoms. The van der Waals surface area contributed by atoms with Crippen LogP contribution in [-0.2, 0) is 4.79 Å². The number of aldehydes is 1. The van der Waals surface area contributed by atoms with Crippen LogP contribution in [0.4, 0.5) is 5.00 Å².